The lowest BCUT2D eigenvalue weighted by Gasteiger charge is -2.10. The zero-order valence-electron chi connectivity index (χ0n) is 7.97. The highest BCUT2D eigenvalue weighted by molar-refractivity contribution is 5.36. The molecule has 3 heteroatoms. The summed E-state index contributed by atoms with van der Waals surface area (Å²) in [6.45, 7) is 3.17. The molecular weight excluding hydrogens is 171 g/mol. The lowest BCUT2D eigenvalue weighted by atomic mass is 10.1. The number of aryl methyl sites for hydroxylation is 1. The summed E-state index contributed by atoms with van der Waals surface area (Å²) in [6.07, 6.45) is -0.811. The number of ether oxygens (including phenoxy) is 1. The van der Waals surface area contributed by atoms with E-state index < -0.39 is 6.10 Å². The average Bonchev–Trinajstić information content (AvgIpc) is 2.09. The summed E-state index contributed by atoms with van der Waals surface area (Å²) < 4.78 is 18.3. The summed E-state index contributed by atoms with van der Waals surface area (Å²) in [7, 11) is 1.51. The maximum Gasteiger partial charge on any atom is 0.132 e. The van der Waals surface area contributed by atoms with Crippen LogP contribution < -0.4 is 4.74 Å². The number of aliphatic hydroxyl groups excluding tert-OH is 1. The quantitative estimate of drug-likeness (QED) is 0.763. The fourth-order valence-corrected chi connectivity index (χ4v) is 1.18. The third-order valence-corrected chi connectivity index (χ3v) is 1.94. The minimum Gasteiger partial charge on any atom is -0.497 e. The molecule has 0 fully saturated rings. The van der Waals surface area contributed by atoms with E-state index in [1.54, 1.807) is 13.0 Å². The van der Waals surface area contributed by atoms with E-state index in [9.17, 15) is 9.50 Å². The molecule has 2 nitrogen and oxygen atoms in total. The fraction of sp³-hybridized carbons (Fsp3) is 0.400. The van der Waals surface area contributed by atoms with E-state index in [1.807, 2.05) is 0 Å². The van der Waals surface area contributed by atoms with E-state index >= 15 is 0 Å². The molecule has 1 aromatic rings. The van der Waals surface area contributed by atoms with Crippen molar-refractivity contribution in [1.29, 1.82) is 0 Å². The van der Waals surface area contributed by atoms with Gasteiger partial charge in [0.25, 0.3) is 0 Å². The summed E-state index contributed by atoms with van der Waals surface area (Å²) in [5, 5.41) is 9.25. The van der Waals surface area contributed by atoms with Gasteiger partial charge in [-0.05, 0) is 31.5 Å². The molecule has 1 rings (SSSR count). The van der Waals surface area contributed by atoms with Crippen LogP contribution in [0.3, 0.4) is 0 Å². The number of hydrogen-bond acceptors (Lipinski definition) is 2. The van der Waals surface area contributed by atoms with Crippen molar-refractivity contribution in [2.24, 2.45) is 0 Å². The molecule has 0 aliphatic carbocycles. The minimum absolute atomic E-state index is 0.275. The van der Waals surface area contributed by atoms with Crippen LogP contribution in [0.2, 0.25) is 0 Å². The van der Waals surface area contributed by atoms with Crippen LogP contribution in [0.1, 0.15) is 24.2 Å². The Bertz CT molecular complexity index is 308. The topological polar surface area (TPSA) is 29.5 Å². The number of benzene rings is 1. The molecule has 1 N–H and O–H groups in total. The maximum absolute atomic E-state index is 13.4. The minimum atomic E-state index is -0.811. The van der Waals surface area contributed by atoms with Crippen molar-refractivity contribution in [3.8, 4) is 5.75 Å². The Labute approximate surface area is 77.0 Å². The Morgan fingerprint density at radius 2 is 2.08 bits per heavy atom. The monoisotopic (exact) mass is 184 g/mol. The van der Waals surface area contributed by atoms with Crippen molar-refractivity contribution < 1.29 is 14.2 Å². The van der Waals surface area contributed by atoms with Crippen LogP contribution in [0.4, 0.5) is 4.39 Å². The highest BCUT2D eigenvalue weighted by atomic mass is 19.1. The summed E-state index contributed by atoms with van der Waals surface area (Å²) in [6, 6.07) is 3.11. The van der Waals surface area contributed by atoms with E-state index in [4.69, 9.17) is 4.74 Å². The number of halogens is 1. The average molecular weight is 184 g/mol. The molecule has 0 amide bonds. The third-order valence-electron chi connectivity index (χ3n) is 1.94. The van der Waals surface area contributed by atoms with Crippen LogP contribution in [0.5, 0.6) is 5.75 Å². The second-order valence-corrected chi connectivity index (χ2v) is 3.02. The van der Waals surface area contributed by atoms with Crippen molar-refractivity contribution >= 4 is 0 Å². The third kappa shape index (κ3) is 1.98. The summed E-state index contributed by atoms with van der Waals surface area (Å²) >= 11 is 0. The molecule has 0 saturated heterocycles. The molecule has 1 aromatic carbocycles. The van der Waals surface area contributed by atoms with Gasteiger partial charge in [-0.1, -0.05) is 0 Å². The van der Waals surface area contributed by atoms with Crippen molar-refractivity contribution in [1.82, 2.24) is 0 Å². The van der Waals surface area contributed by atoms with Crippen LogP contribution >= 0.6 is 0 Å². The molecule has 0 aromatic heterocycles. The van der Waals surface area contributed by atoms with E-state index in [1.165, 1.54) is 20.1 Å². The molecule has 0 spiro atoms. The first-order chi connectivity index (χ1) is 6.06. The number of methoxy groups -OCH3 is 1. The van der Waals surface area contributed by atoms with E-state index in [0.717, 1.165) is 0 Å². The number of hydrogen-bond donors (Lipinski definition) is 1. The van der Waals surface area contributed by atoms with Gasteiger partial charge < -0.3 is 9.84 Å². The molecule has 0 aliphatic heterocycles. The Hall–Kier alpha value is -1.09. The van der Waals surface area contributed by atoms with Gasteiger partial charge in [-0.15, -0.1) is 0 Å². The lowest BCUT2D eigenvalue weighted by molar-refractivity contribution is 0.193. The Morgan fingerprint density at radius 3 is 2.54 bits per heavy atom. The maximum atomic E-state index is 13.4. The standard InChI is InChI=1S/C10H13FO2/c1-6-4-8(13-3)5-9(7(2)12)10(6)11/h4-5,7,12H,1-3H3. The lowest BCUT2D eigenvalue weighted by Crippen LogP contribution is -1.99. The van der Waals surface area contributed by atoms with Crippen LogP contribution in [-0.4, -0.2) is 12.2 Å². The van der Waals surface area contributed by atoms with E-state index in [-0.39, 0.29) is 11.4 Å². The zero-order valence-corrected chi connectivity index (χ0v) is 7.97. The first kappa shape index (κ1) is 9.99. The summed E-state index contributed by atoms with van der Waals surface area (Å²) in [4.78, 5) is 0. The van der Waals surface area contributed by atoms with Gasteiger partial charge in [-0.2, -0.15) is 0 Å². The van der Waals surface area contributed by atoms with Gasteiger partial charge in [-0.3, -0.25) is 0 Å². The Balaban J connectivity index is 3.25. The van der Waals surface area contributed by atoms with Crippen molar-refractivity contribution in [2.75, 3.05) is 7.11 Å². The van der Waals surface area contributed by atoms with Gasteiger partial charge in [0, 0.05) is 5.56 Å². The molecule has 0 bridgehead atoms. The molecule has 0 aliphatic rings. The Kier molecular flexibility index (Phi) is 2.88. The molecule has 1 unspecified atom stereocenters. The van der Waals surface area contributed by atoms with Crippen molar-refractivity contribution in [3.05, 3.63) is 29.1 Å². The first-order valence-corrected chi connectivity index (χ1v) is 4.08. The normalized spacial score (nSPS) is 12.7. The van der Waals surface area contributed by atoms with Crippen molar-refractivity contribution in [2.45, 2.75) is 20.0 Å². The predicted molar refractivity (Wildman–Crippen MR) is 48.3 cm³/mol. The number of aliphatic hydroxyl groups is 1. The van der Waals surface area contributed by atoms with E-state index in [2.05, 4.69) is 0 Å². The van der Waals surface area contributed by atoms with Gasteiger partial charge in [-0.25, -0.2) is 4.39 Å². The largest absolute Gasteiger partial charge is 0.497 e. The number of rotatable bonds is 2. The van der Waals surface area contributed by atoms with Gasteiger partial charge in [0.2, 0.25) is 0 Å². The smallest absolute Gasteiger partial charge is 0.132 e. The first-order valence-electron chi connectivity index (χ1n) is 4.08. The van der Waals surface area contributed by atoms with Crippen LogP contribution in [0.25, 0.3) is 0 Å². The predicted octanol–water partition coefficient (Wildman–Crippen LogP) is 2.20. The molecule has 0 radical (unpaired) electrons. The highest BCUT2D eigenvalue weighted by Gasteiger charge is 2.12. The van der Waals surface area contributed by atoms with Gasteiger partial charge in [0.05, 0.1) is 13.2 Å². The van der Waals surface area contributed by atoms with Crippen molar-refractivity contribution in [3.63, 3.8) is 0 Å². The molecule has 1 atom stereocenters. The molecular formula is C10H13FO2. The van der Waals surface area contributed by atoms with Gasteiger partial charge >= 0.3 is 0 Å². The second kappa shape index (κ2) is 3.75. The zero-order chi connectivity index (χ0) is 10.0. The van der Waals surface area contributed by atoms with Gasteiger partial charge in [0.15, 0.2) is 0 Å². The van der Waals surface area contributed by atoms with Crippen LogP contribution in [0, 0.1) is 12.7 Å². The molecule has 13 heavy (non-hydrogen) atoms. The highest BCUT2D eigenvalue weighted by Crippen LogP contribution is 2.25. The SMILES string of the molecule is COc1cc(C)c(F)c(C(C)O)c1. The van der Waals surface area contributed by atoms with E-state index in [0.29, 0.717) is 11.3 Å². The second-order valence-electron chi connectivity index (χ2n) is 3.02. The van der Waals surface area contributed by atoms with Crippen LogP contribution in [0.15, 0.2) is 12.1 Å². The summed E-state index contributed by atoms with van der Waals surface area (Å²) in [5.41, 5.74) is 0.757. The fourth-order valence-electron chi connectivity index (χ4n) is 1.18. The molecule has 0 saturated carbocycles. The summed E-state index contributed by atoms with van der Waals surface area (Å²) in [5.74, 6) is 0.200. The molecule has 72 valence electrons. The molecule has 0 heterocycles. The van der Waals surface area contributed by atoms with Crippen LogP contribution in [-0.2, 0) is 0 Å². The Morgan fingerprint density at radius 1 is 1.46 bits per heavy atom. The van der Waals surface area contributed by atoms with Gasteiger partial charge in [0.1, 0.15) is 11.6 Å².